The molecular weight excluding hydrogens is 387 g/mol. The number of pyridine rings is 1. The van der Waals surface area contributed by atoms with Gasteiger partial charge in [0.25, 0.3) is 0 Å². The maximum absolute atomic E-state index is 14.7. The van der Waals surface area contributed by atoms with Crippen molar-refractivity contribution in [3.8, 4) is 22.8 Å². The van der Waals surface area contributed by atoms with Crippen LogP contribution in [0, 0.1) is 12.7 Å². The summed E-state index contributed by atoms with van der Waals surface area (Å²) in [4.78, 5) is 4.40. The topological polar surface area (TPSA) is 78.5 Å². The van der Waals surface area contributed by atoms with Crippen LogP contribution in [0.2, 0.25) is 0 Å². The fraction of sp³-hybridized carbons (Fsp3) is 0.286. The van der Waals surface area contributed by atoms with Gasteiger partial charge in [-0.3, -0.25) is 4.40 Å². The van der Waals surface area contributed by atoms with Crippen LogP contribution in [-0.4, -0.2) is 37.4 Å². The van der Waals surface area contributed by atoms with E-state index in [0.29, 0.717) is 42.5 Å². The van der Waals surface area contributed by atoms with Crippen molar-refractivity contribution < 1.29 is 13.9 Å². The fourth-order valence-electron chi connectivity index (χ4n) is 4.49. The summed E-state index contributed by atoms with van der Waals surface area (Å²) in [7, 11) is 1.94. The van der Waals surface area contributed by atoms with E-state index in [9.17, 15) is 4.39 Å². The summed E-state index contributed by atoms with van der Waals surface area (Å²) in [6, 6.07) is 5.11. The minimum Gasteiger partial charge on any atom is -0.493 e. The van der Waals surface area contributed by atoms with E-state index in [2.05, 4.69) is 20.5 Å². The van der Waals surface area contributed by atoms with Gasteiger partial charge < -0.3 is 19.4 Å². The lowest BCUT2D eigenvalue weighted by Crippen LogP contribution is -2.13. The third kappa shape index (κ3) is 2.35. The van der Waals surface area contributed by atoms with E-state index in [1.165, 1.54) is 6.07 Å². The normalized spacial score (nSPS) is 17.2. The summed E-state index contributed by atoms with van der Waals surface area (Å²) in [6.07, 6.45) is 3.41. The van der Waals surface area contributed by atoms with E-state index in [4.69, 9.17) is 9.47 Å². The molecule has 6 rings (SSSR count). The van der Waals surface area contributed by atoms with E-state index < -0.39 is 0 Å². The zero-order valence-corrected chi connectivity index (χ0v) is 16.5. The van der Waals surface area contributed by atoms with Gasteiger partial charge >= 0.3 is 0 Å². The highest BCUT2D eigenvalue weighted by molar-refractivity contribution is 5.81. The van der Waals surface area contributed by atoms with E-state index in [1.54, 1.807) is 18.7 Å². The zero-order valence-electron chi connectivity index (χ0n) is 16.5. The first-order valence-corrected chi connectivity index (χ1v) is 9.77. The van der Waals surface area contributed by atoms with Crippen molar-refractivity contribution in [2.75, 3.05) is 18.5 Å². The van der Waals surface area contributed by atoms with Gasteiger partial charge in [-0.1, -0.05) is 0 Å². The van der Waals surface area contributed by atoms with Crippen molar-refractivity contribution in [1.82, 2.24) is 24.1 Å². The minimum atomic E-state index is -0.248. The van der Waals surface area contributed by atoms with Gasteiger partial charge in [0.15, 0.2) is 17.2 Å². The summed E-state index contributed by atoms with van der Waals surface area (Å²) >= 11 is 0. The van der Waals surface area contributed by atoms with E-state index in [1.807, 2.05) is 29.0 Å². The average Bonchev–Trinajstić information content (AvgIpc) is 3.45. The highest BCUT2D eigenvalue weighted by Gasteiger charge is 2.32. The fourth-order valence-corrected chi connectivity index (χ4v) is 4.49. The van der Waals surface area contributed by atoms with Crippen molar-refractivity contribution in [2.24, 2.45) is 7.05 Å². The first-order valence-electron chi connectivity index (χ1n) is 9.77. The molecule has 152 valence electrons. The molecule has 0 saturated carbocycles. The predicted octanol–water partition coefficient (Wildman–Crippen LogP) is 3.06. The van der Waals surface area contributed by atoms with Crippen LogP contribution in [0.3, 0.4) is 0 Å². The average molecular weight is 406 g/mol. The zero-order chi connectivity index (χ0) is 20.4. The van der Waals surface area contributed by atoms with Gasteiger partial charge in [0.1, 0.15) is 17.9 Å². The van der Waals surface area contributed by atoms with Gasteiger partial charge in [-0.05, 0) is 25.1 Å². The summed E-state index contributed by atoms with van der Waals surface area (Å²) < 4.78 is 30.5. The summed E-state index contributed by atoms with van der Waals surface area (Å²) in [5, 5.41) is 11.8. The molecule has 0 amide bonds. The Morgan fingerprint density at radius 2 is 2.00 bits per heavy atom. The smallest absolute Gasteiger partial charge is 0.171 e. The second kappa shape index (κ2) is 6.19. The third-order valence-electron chi connectivity index (χ3n) is 5.89. The molecule has 0 aliphatic carbocycles. The van der Waals surface area contributed by atoms with Crippen LogP contribution in [0.5, 0.6) is 11.5 Å². The second-order valence-electron chi connectivity index (χ2n) is 7.70. The monoisotopic (exact) mass is 406 g/mol. The molecule has 4 aromatic rings. The molecule has 0 unspecified atom stereocenters. The molecule has 2 aliphatic heterocycles. The Hall–Kier alpha value is -3.62. The number of aryl methyl sites for hydroxylation is 2. The third-order valence-corrected chi connectivity index (χ3v) is 5.89. The molecule has 0 radical (unpaired) electrons. The molecule has 0 fully saturated rings. The lowest BCUT2D eigenvalue weighted by Gasteiger charge is -2.17. The highest BCUT2D eigenvalue weighted by atomic mass is 19.1. The van der Waals surface area contributed by atoms with Crippen molar-refractivity contribution in [3.63, 3.8) is 0 Å². The molecule has 1 aromatic carbocycles. The van der Waals surface area contributed by atoms with Crippen molar-refractivity contribution in [2.45, 2.75) is 19.4 Å². The number of aromatic nitrogens is 5. The van der Waals surface area contributed by atoms with Crippen molar-refractivity contribution >= 4 is 11.5 Å². The van der Waals surface area contributed by atoms with Crippen LogP contribution < -0.4 is 14.8 Å². The van der Waals surface area contributed by atoms with E-state index in [0.717, 1.165) is 28.3 Å². The lowest BCUT2D eigenvalue weighted by atomic mass is 9.96. The molecule has 0 spiro atoms. The largest absolute Gasteiger partial charge is 0.493 e. The molecule has 0 bridgehead atoms. The number of hydrogen-bond donors (Lipinski definition) is 1. The standard InChI is InChI=1S/C21H19FN6O2/c1-11-19(27(2)9-24-11)13-5-17-21(28-10-25-26-20(13)28)23-6-14-15(22)3-4-16-18(14)12(7-29-16)8-30-17/h3-5,9-10,12,23H,6-8H2,1-2H3/t12-/m1/s1. The van der Waals surface area contributed by atoms with Gasteiger partial charge in [-0.2, -0.15) is 0 Å². The maximum Gasteiger partial charge on any atom is 0.171 e. The van der Waals surface area contributed by atoms with Crippen LogP contribution in [0.25, 0.3) is 16.9 Å². The Morgan fingerprint density at radius 1 is 1.17 bits per heavy atom. The molecule has 5 heterocycles. The van der Waals surface area contributed by atoms with E-state index in [-0.39, 0.29) is 11.7 Å². The number of halogens is 1. The number of fused-ring (bicyclic) bond motifs is 3. The Morgan fingerprint density at radius 3 is 2.80 bits per heavy atom. The Balaban J connectivity index is 1.54. The summed E-state index contributed by atoms with van der Waals surface area (Å²) in [5.41, 5.74) is 4.88. The number of nitrogens with zero attached hydrogens (tertiary/aromatic N) is 5. The number of benzene rings is 1. The van der Waals surface area contributed by atoms with Crippen LogP contribution >= 0.6 is 0 Å². The number of nitrogens with one attached hydrogen (secondary N) is 1. The Labute approximate surface area is 171 Å². The van der Waals surface area contributed by atoms with Crippen LogP contribution in [0.4, 0.5) is 10.2 Å². The molecule has 2 aliphatic rings. The van der Waals surface area contributed by atoms with Gasteiger partial charge in [-0.25, -0.2) is 9.37 Å². The number of anilines is 1. The maximum atomic E-state index is 14.7. The molecule has 1 N–H and O–H groups in total. The summed E-state index contributed by atoms with van der Waals surface area (Å²) in [6.45, 7) is 3.13. The van der Waals surface area contributed by atoms with Gasteiger partial charge in [0.05, 0.1) is 36.8 Å². The molecule has 30 heavy (non-hydrogen) atoms. The molecule has 3 aromatic heterocycles. The van der Waals surface area contributed by atoms with Gasteiger partial charge in [0.2, 0.25) is 0 Å². The van der Waals surface area contributed by atoms with E-state index >= 15 is 0 Å². The molecule has 0 saturated heterocycles. The quantitative estimate of drug-likeness (QED) is 0.524. The number of rotatable bonds is 1. The number of ether oxygens (including phenoxy) is 2. The second-order valence-corrected chi connectivity index (χ2v) is 7.70. The van der Waals surface area contributed by atoms with Crippen LogP contribution in [0.15, 0.2) is 30.9 Å². The predicted molar refractivity (Wildman–Crippen MR) is 107 cm³/mol. The molecule has 1 atom stereocenters. The van der Waals surface area contributed by atoms with Crippen molar-refractivity contribution in [1.29, 1.82) is 0 Å². The highest BCUT2D eigenvalue weighted by Crippen LogP contribution is 2.42. The first kappa shape index (κ1) is 17.3. The van der Waals surface area contributed by atoms with Crippen LogP contribution in [0.1, 0.15) is 22.7 Å². The SMILES string of the molecule is Cc1ncn(C)c1-c1cc2c(n3cnnc13)NCc1c(F)ccc3c1[C@H](CO3)CO2. The Bertz CT molecular complexity index is 1290. The number of hydrogen-bond acceptors (Lipinski definition) is 6. The molecule has 9 heteroatoms. The minimum absolute atomic E-state index is 0.0306. The summed E-state index contributed by atoms with van der Waals surface area (Å²) in [5.74, 6) is 1.80. The Kier molecular flexibility index (Phi) is 3.56. The van der Waals surface area contributed by atoms with Gasteiger partial charge in [0, 0.05) is 30.3 Å². The lowest BCUT2D eigenvalue weighted by molar-refractivity contribution is 0.249. The van der Waals surface area contributed by atoms with Gasteiger partial charge in [-0.15, -0.1) is 10.2 Å². The first-order chi connectivity index (χ1) is 14.6. The molecule has 8 nitrogen and oxygen atoms in total. The number of imidazole rings is 1. The molecular formula is C21H19FN6O2. The van der Waals surface area contributed by atoms with Crippen molar-refractivity contribution in [3.05, 3.63) is 53.5 Å². The van der Waals surface area contributed by atoms with Crippen LogP contribution in [-0.2, 0) is 13.6 Å².